The highest BCUT2D eigenvalue weighted by atomic mass is 31.1. The molecule has 176 valence electrons. The number of benzene rings is 2. The molecule has 33 heavy (non-hydrogen) atoms. The van der Waals surface area contributed by atoms with Crippen LogP contribution in [0.2, 0.25) is 0 Å². The summed E-state index contributed by atoms with van der Waals surface area (Å²) in [4.78, 5) is 25.2. The zero-order chi connectivity index (χ0) is 23.8. The maximum Gasteiger partial charge on any atom is 0.528 e. The molecule has 7 nitrogen and oxygen atoms in total. The lowest BCUT2D eigenvalue weighted by atomic mass is 10.1. The number of aryl methyl sites for hydroxylation is 1. The van der Waals surface area contributed by atoms with E-state index in [0.29, 0.717) is 32.2 Å². The van der Waals surface area contributed by atoms with Crippen LogP contribution in [0.15, 0.2) is 60.7 Å². The van der Waals surface area contributed by atoms with Crippen molar-refractivity contribution in [2.45, 2.75) is 64.0 Å². The first-order valence-corrected chi connectivity index (χ1v) is 12.7. The van der Waals surface area contributed by atoms with Crippen LogP contribution in [0.4, 0.5) is 4.79 Å². The maximum atomic E-state index is 13.2. The Hall–Kier alpha value is -2.44. The predicted molar refractivity (Wildman–Crippen MR) is 127 cm³/mol. The van der Waals surface area contributed by atoms with Crippen LogP contribution >= 0.6 is 8.03 Å². The van der Waals surface area contributed by atoms with Crippen molar-refractivity contribution in [3.63, 3.8) is 0 Å². The predicted octanol–water partition coefficient (Wildman–Crippen LogP) is 5.09. The zero-order valence-corrected chi connectivity index (χ0v) is 20.1. The van der Waals surface area contributed by atoms with Gasteiger partial charge in [-0.15, -0.1) is 4.52 Å². The van der Waals surface area contributed by atoms with Gasteiger partial charge in [0.15, 0.2) is 0 Å². The lowest BCUT2D eigenvalue weighted by molar-refractivity contribution is -0.793. The molecule has 0 radical (unpaired) electrons. The van der Waals surface area contributed by atoms with Gasteiger partial charge in [0.05, 0.1) is 6.54 Å². The second-order valence-corrected chi connectivity index (χ2v) is 10.0. The highest BCUT2D eigenvalue weighted by Crippen LogP contribution is 2.36. The molecule has 0 aliphatic carbocycles. The molecule has 3 unspecified atom stereocenters. The first kappa shape index (κ1) is 25.2. The summed E-state index contributed by atoms with van der Waals surface area (Å²) in [5, 5.41) is 13.1. The summed E-state index contributed by atoms with van der Waals surface area (Å²) in [6.45, 7) is 4.04. The van der Waals surface area contributed by atoms with E-state index in [9.17, 15) is 19.3 Å². The molecule has 2 N–H and O–H groups in total. The Morgan fingerprint density at radius 3 is 2.27 bits per heavy atom. The Morgan fingerprint density at radius 2 is 1.73 bits per heavy atom. The van der Waals surface area contributed by atoms with Gasteiger partial charge < -0.3 is 5.11 Å². The van der Waals surface area contributed by atoms with E-state index in [1.165, 1.54) is 6.92 Å². The van der Waals surface area contributed by atoms with Crippen LogP contribution in [0.1, 0.15) is 44.2 Å². The van der Waals surface area contributed by atoms with E-state index in [0.717, 1.165) is 11.1 Å². The summed E-state index contributed by atoms with van der Waals surface area (Å²) in [6, 6.07) is 19.4. The van der Waals surface area contributed by atoms with Crippen LogP contribution in [-0.2, 0) is 26.8 Å². The van der Waals surface area contributed by atoms with Gasteiger partial charge in [-0.25, -0.2) is 4.79 Å². The van der Waals surface area contributed by atoms with Gasteiger partial charge in [-0.05, 0) is 36.0 Å². The number of hydrogen-bond donors (Lipinski definition) is 2. The molecule has 1 aliphatic heterocycles. The SMILES string of the molecule is CC(O[P+](=O)[C@@H](CCc1ccccc1)NCc1ccccc1)C(=O)[N+]1(C(=O)O)CCC[C@H]1C. The minimum Gasteiger partial charge on any atom is -0.435 e. The third-order valence-corrected chi connectivity index (χ3v) is 7.89. The molecule has 1 aliphatic rings. The standard InChI is InChI=1S/C25H32N2O5P/c1-19-10-9-17-27(19,25(29)30)24(28)20(2)32-33(31)23(16-15-21-11-5-3-6-12-21)26-18-22-13-7-4-8-14-22/h3-8,11-14,19-20,23,26H,9-10,15-18H2,1-2H3/q+1/p+1/t19-,20?,23+,27?/m1/s1. The third kappa shape index (κ3) is 6.12. The zero-order valence-electron chi connectivity index (χ0n) is 19.2. The van der Waals surface area contributed by atoms with E-state index in [-0.39, 0.29) is 12.6 Å². The molecule has 3 rings (SSSR count). The number of carbonyl (C=O) groups is 2. The number of quaternary nitrogens is 1. The Kier molecular flexibility index (Phi) is 8.87. The Labute approximate surface area is 196 Å². The fraction of sp³-hybridized carbons (Fsp3) is 0.440. The Balaban J connectivity index is 1.69. The van der Waals surface area contributed by atoms with Crippen molar-refractivity contribution in [3.8, 4) is 0 Å². The number of nitrogens with zero attached hydrogens (tertiary/aromatic N) is 1. The molecule has 0 saturated carbocycles. The molecule has 0 spiro atoms. The fourth-order valence-electron chi connectivity index (χ4n) is 4.44. The molecule has 1 heterocycles. The summed E-state index contributed by atoms with van der Waals surface area (Å²) < 4.78 is 18.3. The van der Waals surface area contributed by atoms with Crippen LogP contribution in [-0.4, -0.2) is 46.1 Å². The molecular weight excluding hydrogens is 439 g/mol. The summed E-state index contributed by atoms with van der Waals surface area (Å²) >= 11 is 0. The van der Waals surface area contributed by atoms with Gasteiger partial charge in [0.2, 0.25) is 11.9 Å². The molecule has 2 amide bonds. The van der Waals surface area contributed by atoms with Crippen molar-refractivity contribution in [2.24, 2.45) is 0 Å². The molecule has 1 saturated heterocycles. The Bertz CT molecular complexity index is 912. The number of carboxylic acid groups (broad SMARTS) is 1. The first-order valence-electron chi connectivity index (χ1n) is 11.4. The van der Waals surface area contributed by atoms with Crippen molar-refractivity contribution in [1.82, 2.24) is 5.32 Å². The van der Waals surface area contributed by atoms with Gasteiger partial charge in [0.1, 0.15) is 6.04 Å². The monoisotopic (exact) mass is 472 g/mol. The number of amides is 2. The molecule has 1 fully saturated rings. The first-order chi connectivity index (χ1) is 15.8. The van der Waals surface area contributed by atoms with Gasteiger partial charge in [0, 0.05) is 25.8 Å². The van der Waals surface area contributed by atoms with Crippen molar-refractivity contribution in [1.29, 1.82) is 0 Å². The minimum atomic E-state index is -2.26. The van der Waals surface area contributed by atoms with Crippen molar-refractivity contribution < 1.29 is 28.3 Å². The second-order valence-electron chi connectivity index (χ2n) is 8.64. The fourth-order valence-corrected chi connectivity index (χ4v) is 5.57. The highest BCUT2D eigenvalue weighted by Gasteiger charge is 2.56. The number of hydrogen-bond acceptors (Lipinski definition) is 5. The molecule has 8 heteroatoms. The second kappa shape index (κ2) is 11.6. The van der Waals surface area contributed by atoms with E-state index in [1.807, 2.05) is 60.7 Å². The van der Waals surface area contributed by atoms with E-state index in [4.69, 9.17) is 4.52 Å². The summed E-state index contributed by atoms with van der Waals surface area (Å²) in [6.07, 6.45) is 0.335. The van der Waals surface area contributed by atoms with Gasteiger partial charge >= 0.3 is 20.0 Å². The smallest absolute Gasteiger partial charge is 0.435 e. The maximum absolute atomic E-state index is 13.2. The normalized spacial score (nSPS) is 22.5. The largest absolute Gasteiger partial charge is 0.528 e. The van der Waals surface area contributed by atoms with Gasteiger partial charge in [-0.1, -0.05) is 60.7 Å². The van der Waals surface area contributed by atoms with Gasteiger partial charge in [0.25, 0.3) is 0 Å². The van der Waals surface area contributed by atoms with Crippen LogP contribution in [0.25, 0.3) is 0 Å². The molecule has 2 aromatic rings. The highest BCUT2D eigenvalue weighted by molar-refractivity contribution is 7.40. The summed E-state index contributed by atoms with van der Waals surface area (Å²) in [5.41, 5.74) is 2.17. The van der Waals surface area contributed by atoms with Crippen molar-refractivity contribution >= 4 is 20.0 Å². The number of imide groups is 1. The van der Waals surface area contributed by atoms with Crippen LogP contribution < -0.4 is 5.32 Å². The van der Waals surface area contributed by atoms with E-state index in [2.05, 4.69) is 5.32 Å². The molecule has 0 bridgehead atoms. The van der Waals surface area contributed by atoms with Crippen LogP contribution in [0.3, 0.4) is 0 Å². The summed E-state index contributed by atoms with van der Waals surface area (Å²) in [7, 11) is -2.26. The number of carbonyl (C=O) groups excluding carboxylic acids is 1. The lowest BCUT2D eigenvalue weighted by Gasteiger charge is -2.30. The average molecular weight is 473 g/mol. The third-order valence-electron chi connectivity index (χ3n) is 6.42. The van der Waals surface area contributed by atoms with Crippen molar-refractivity contribution in [3.05, 3.63) is 71.8 Å². The topological polar surface area (TPSA) is 92.7 Å². The van der Waals surface area contributed by atoms with Gasteiger partial charge in [-0.2, -0.15) is 9.28 Å². The molecular formula is C25H33N2O5P+2. The molecule has 2 aromatic carbocycles. The summed E-state index contributed by atoms with van der Waals surface area (Å²) in [5.74, 6) is -1.02. The molecule has 5 atom stereocenters. The molecule has 0 aromatic heterocycles. The van der Waals surface area contributed by atoms with Crippen LogP contribution in [0.5, 0.6) is 0 Å². The van der Waals surface area contributed by atoms with Gasteiger partial charge in [-0.3, -0.25) is 5.32 Å². The quantitative estimate of drug-likeness (QED) is 0.370. The minimum absolute atomic E-state index is 0.240. The number of rotatable bonds is 10. The number of likely N-dealkylation sites (tertiary alicyclic amines) is 1. The van der Waals surface area contributed by atoms with E-state index >= 15 is 0 Å². The van der Waals surface area contributed by atoms with Crippen molar-refractivity contribution in [2.75, 3.05) is 6.54 Å². The van der Waals surface area contributed by atoms with E-state index in [1.54, 1.807) is 6.92 Å². The lowest BCUT2D eigenvalue weighted by Crippen LogP contribution is -2.61. The van der Waals surface area contributed by atoms with E-state index < -0.39 is 36.4 Å². The Morgan fingerprint density at radius 1 is 1.12 bits per heavy atom. The van der Waals surface area contributed by atoms with Crippen LogP contribution in [0, 0.1) is 0 Å². The number of nitrogens with one attached hydrogen (secondary N) is 1. The average Bonchev–Trinajstić information content (AvgIpc) is 3.22.